The SMILES string of the molecule is c1ccc(-c2cc(-c3ccc4c5ccc6c(c7ccccc7n6-c6ccccc6)c5n(-c5ccc6c(c5)c5ccc7c(c8ccccc8n7-c7ccccc7)c5n6-c5ccccc5)c4c3)nc(-c3ccccc3)n2)cc1. The molecule has 0 aliphatic carbocycles. The zero-order valence-electron chi connectivity index (χ0n) is 41.1. The van der Waals surface area contributed by atoms with E-state index in [1.54, 1.807) is 0 Å². The van der Waals surface area contributed by atoms with Crippen LogP contribution in [0.1, 0.15) is 0 Å². The number of fused-ring (bicyclic) bond motifs is 14. The Hall–Kier alpha value is -10.3. The highest BCUT2D eigenvalue weighted by molar-refractivity contribution is 6.28. The zero-order chi connectivity index (χ0) is 49.8. The summed E-state index contributed by atoms with van der Waals surface area (Å²) in [5.74, 6) is 0.689. The number of aromatic nitrogens is 6. The number of nitrogens with zero attached hydrogens (tertiary/aromatic N) is 6. The summed E-state index contributed by atoms with van der Waals surface area (Å²) in [6, 6.07) is 96.3. The molecule has 6 nitrogen and oxygen atoms in total. The third-order valence-electron chi connectivity index (χ3n) is 15.5. The molecule has 76 heavy (non-hydrogen) atoms. The summed E-state index contributed by atoms with van der Waals surface area (Å²) in [5.41, 5.74) is 18.5. The molecule has 0 aliphatic heterocycles. The molecule has 0 amide bonds. The second kappa shape index (κ2) is 16.6. The molecule has 11 aromatic carbocycles. The molecule has 354 valence electrons. The summed E-state index contributed by atoms with van der Waals surface area (Å²) in [6.45, 7) is 0. The minimum Gasteiger partial charge on any atom is -0.309 e. The van der Waals surface area contributed by atoms with Crippen molar-refractivity contribution in [1.82, 2.24) is 28.2 Å². The smallest absolute Gasteiger partial charge is 0.160 e. The predicted molar refractivity (Wildman–Crippen MR) is 316 cm³/mol. The lowest BCUT2D eigenvalue weighted by atomic mass is 10.0. The number of hydrogen-bond acceptors (Lipinski definition) is 2. The third-order valence-corrected chi connectivity index (χ3v) is 15.5. The van der Waals surface area contributed by atoms with Crippen molar-refractivity contribution in [2.45, 2.75) is 0 Å². The molecule has 0 fully saturated rings. The van der Waals surface area contributed by atoms with Gasteiger partial charge in [-0.3, -0.25) is 0 Å². The van der Waals surface area contributed by atoms with E-state index in [1.165, 1.54) is 59.6 Å². The van der Waals surface area contributed by atoms with Gasteiger partial charge >= 0.3 is 0 Å². The molecule has 0 unspecified atom stereocenters. The molecule has 16 aromatic rings. The van der Waals surface area contributed by atoms with Crippen LogP contribution in [0.25, 0.3) is 144 Å². The zero-order valence-corrected chi connectivity index (χ0v) is 41.1. The van der Waals surface area contributed by atoms with Crippen molar-refractivity contribution in [3.05, 3.63) is 267 Å². The number of rotatable bonds is 7. The molecular formula is C70H44N6. The average molecular weight is 969 g/mol. The van der Waals surface area contributed by atoms with Crippen LogP contribution < -0.4 is 0 Å². The Morgan fingerprint density at radius 1 is 0.224 bits per heavy atom. The van der Waals surface area contributed by atoms with Crippen molar-refractivity contribution in [2.75, 3.05) is 0 Å². The Labute approximate surface area is 436 Å². The van der Waals surface area contributed by atoms with Crippen molar-refractivity contribution in [1.29, 1.82) is 0 Å². The Bertz CT molecular complexity index is 4890. The van der Waals surface area contributed by atoms with Crippen LogP contribution in [0, 0.1) is 0 Å². The van der Waals surface area contributed by atoms with Crippen LogP contribution in [-0.4, -0.2) is 28.2 Å². The maximum atomic E-state index is 5.34. The van der Waals surface area contributed by atoms with Crippen molar-refractivity contribution in [3.8, 4) is 56.7 Å². The fraction of sp³-hybridized carbons (Fsp3) is 0. The summed E-state index contributed by atoms with van der Waals surface area (Å²) < 4.78 is 9.85. The van der Waals surface area contributed by atoms with Crippen molar-refractivity contribution >= 4 is 87.2 Å². The molecule has 6 heteroatoms. The maximum absolute atomic E-state index is 5.34. The topological polar surface area (TPSA) is 45.5 Å². The molecule has 5 heterocycles. The van der Waals surface area contributed by atoms with Crippen LogP contribution >= 0.6 is 0 Å². The lowest BCUT2D eigenvalue weighted by Gasteiger charge is -2.13. The molecule has 5 aromatic heterocycles. The molecule has 16 rings (SSSR count). The molecule has 0 radical (unpaired) electrons. The molecule has 0 N–H and O–H groups in total. The summed E-state index contributed by atoms with van der Waals surface area (Å²) in [7, 11) is 0. The van der Waals surface area contributed by atoms with Crippen LogP contribution in [0.2, 0.25) is 0 Å². The van der Waals surface area contributed by atoms with Crippen molar-refractivity contribution in [3.63, 3.8) is 0 Å². The third kappa shape index (κ3) is 6.28. The first-order chi connectivity index (χ1) is 37.7. The standard InChI is InChI=1S/C70H44N6/c1-6-20-45(21-7-1)58-44-59(72-70(71-58)46-22-8-2-9-23-46)47-34-36-52-53-37-40-63-66(55-30-16-18-32-60(55)73(63)48-24-10-3-11-25-48)68(53)76(65(52)42-47)51-35-39-62-57(43-51)54-38-41-64-67(69(54)75(62)50-28-14-5-15-29-50)56-31-17-19-33-61(56)74(64)49-26-12-4-13-27-49/h1-44H. The largest absolute Gasteiger partial charge is 0.309 e. The van der Waals surface area contributed by atoms with Gasteiger partial charge in [-0.15, -0.1) is 0 Å². The Morgan fingerprint density at radius 2 is 0.645 bits per heavy atom. The minimum absolute atomic E-state index is 0.689. The van der Waals surface area contributed by atoms with Gasteiger partial charge in [0.1, 0.15) is 0 Å². The molecule has 0 saturated carbocycles. The molecule has 0 saturated heterocycles. The highest BCUT2D eigenvalue weighted by Crippen LogP contribution is 2.46. The van der Waals surface area contributed by atoms with Gasteiger partial charge in [0.25, 0.3) is 0 Å². The molecule has 0 aliphatic rings. The monoisotopic (exact) mass is 968 g/mol. The molecule has 0 bridgehead atoms. The van der Waals surface area contributed by atoms with Crippen LogP contribution in [0.3, 0.4) is 0 Å². The minimum atomic E-state index is 0.689. The van der Waals surface area contributed by atoms with Gasteiger partial charge in [-0.05, 0) is 91.0 Å². The average Bonchev–Trinajstić information content (AvgIpc) is 4.37. The van der Waals surface area contributed by atoms with Gasteiger partial charge in [-0.2, -0.15) is 0 Å². The second-order valence-corrected chi connectivity index (χ2v) is 19.7. The van der Waals surface area contributed by atoms with Gasteiger partial charge in [0.15, 0.2) is 5.82 Å². The summed E-state index contributed by atoms with van der Waals surface area (Å²) in [4.78, 5) is 10.5. The second-order valence-electron chi connectivity index (χ2n) is 19.7. The van der Waals surface area contributed by atoms with Gasteiger partial charge in [0, 0.05) is 82.5 Å². The van der Waals surface area contributed by atoms with E-state index in [-0.39, 0.29) is 0 Å². The Morgan fingerprint density at radius 3 is 1.21 bits per heavy atom. The van der Waals surface area contributed by atoms with Crippen LogP contribution in [0.5, 0.6) is 0 Å². The quantitative estimate of drug-likeness (QED) is 0.160. The van der Waals surface area contributed by atoms with E-state index in [4.69, 9.17) is 9.97 Å². The highest BCUT2D eigenvalue weighted by Gasteiger charge is 2.25. The molecular weight excluding hydrogens is 925 g/mol. The fourth-order valence-electron chi connectivity index (χ4n) is 12.3. The Kier molecular flexibility index (Phi) is 9.23. The fourth-order valence-corrected chi connectivity index (χ4v) is 12.3. The lowest BCUT2D eigenvalue weighted by Crippen LogP contribution is -1.98. The van der Waals surface area contributed by atoms with Crippen molar-refractivity contribution < 1.29 is 0 Å². The first kappa shape index (κ1) is 42.2. The molecule has 0 spiro atoms. The van der Waals surface area contributed by atoms with Gasteiger partial charge in [0.05, 0.1) is 55.5 Å². The van der Waals surface area contributed by atoms with Gasteiger partial charge in [0.2, 0.25) is 0 Å². The first-order valence-electron chi connectivity index (χ1n) is 25.9. The normalized spacial score (nSPS) is 11.9. The van der Waals surface area contributed by atoms with E-state index in [2.05, 4.69) is 261 Å². The summed E-state index contributed by atoms with van der Waals surface area (Å²) in [6.07, 6.45) is 0. The predicted octanol–water partition coefficient (Wildman–Crippen LogP) is 17.9. The maximum Gasteiger partial charge on any atom is 0.160 e. The Balaban J connectivity index is 1.03. The number of para-hydroxylation sites is 5. The highest BCUT2D eigenvalue weighted by atomic mass is 15.0. The summed E-state index contributed by atoms with van der Waals surface area (Å²) >= 11 is 0. The van der Waals surface area contributed by atoms with Crippen molar-refractivity contribution in [2.24, 2.45) is 0 Å². The summed E-state index contributed by atoms with van der Waals surface area (Å²) in [5, 5.41) is 9.57. The molecule has 0 atom stereocenters. The van der Waals surface area contributed by atoms with E-state index in [9.17, 15) is 0 Å². The lowest BCUT2D eigenvalue weighted by molar-refractivity contribution is 1.16. The van der Waals surface area contributed by atoms with Gasteiger partial charge < -0.3 is 18.3 Å². The van der Waals surface area contributed by atoms with E-state index >= 15 is 0 Å². The van der Waals surface area contributed by atoms with Gasteiger partial charge in [-0.1, -0.05) is 176 Å². The van der Waals surface area contributed by atoms with Gasteiger partial charge in [-0.25, -0.2) is 9.97 Å². The van der Waals surface area contributed by atoms with Crippen LogP contribution in [-0.2, 0) is 0 Å². The number of benzene rings is 11. The van der Waals surface area contributed by atoms with E-state index < -0.39 is 0 Å². The van der Waals surface area contributed by atoms with Crippen LogP contribution in [0.4, 0.5) is 0 Å². The first-order valence-corrected chi connectivity index (χ1v) is 25.9. The number of hydrogen-bond donors (Lipinski definition) is 0. The van der Waals surface area contributed by atoms with Crippen LogP contribution in [0.15, 0.2) is 267 Å². The van der Waals surface area contributed by atoms with E-state index in [0.29, 0.717) is 5.82 Å². The van der Waals surface area contributed by atoms with E-state index in [0.717, 1.165) is 78.4 Å². The van der Waals surface area contributed by atoms with E-state index in [1.807, 2.05) is 24.3 Å².